The molecule has 2 N–H and O–H groups in total. The van der Waals surface area contributed by atoms with E-state index in [1.165, 1.54) is 0 Å². The second-order valence-electron chi connectivity index (χ2n) is 1.86. The first-order chi connectivity index (χ1) is 5.85. The summed E-state index contributed by atoms with van der Waals surface area (Å²) in [5, 5.41) is 10.4. The van der Waals surface area contributed by atoms with Crippen LogP contribution in [-0.2, 0) is 37.0 Å². The van der Waals surface area contributed by atoms with Crippen LogP contribution in [-0.4, -0.2) is 18.6 Å². The Morgan fingerprint density at radius 1 is 1.31 bits per heavy atom. The summed E-state index contributed by atoms with van der Waals surface area (Å²) >= 11 is 0.912. The topological polar surface area (TPSA) is 41.5 Å². The zero-order valence-electron chi connectivity index (χ0n) is 7.73. The first-order valence-corrected chi connectivity index (χ1v) is 4.57. The first-order valence-electron chi connectivity index (χ1n) is 3.42. The van der Waals surface area contributed by atoms with Gasteiger partial charge in [0.1, 0.15) is 0 Å². The molecule has 1 rings (SSSR count). The number of hydrogen-bond acceptors (Lipinski definition) is 4. The molecule has 0 fully saturated rings. The molecule has 0 amide bonds. The molecule has 0 spiro atoms. The van der Waals surface area contributed by atoms with Crippen molar-refractivity contribution in [1.29, 1.82) is 0 Å². The minimum Gasteiger partial charge on any atom is -0.388 e. The molecule has 0 atom stereocenters. The van der Waals surface area contributed by atoms with Crippen LogP contribution in [0.2, 0.25) is 0 Å². The number of rotatable bonds is 2. The standard InChI is InChI=1S/C7H9N.CH4O2S.Y/c1-8-7-5-3-2-4-6-7;1-4-3-2;/h2-6,8H,1H3;2H,1H3;. The maximum absolute atomic E-state index is 7.34. The average molecular weight is 276 g/mol. The molecule has 13 heavy (non-hydrogen) atoms. The van der Waals surface area contributed by atoms with Gasteiger partial charge in [-0.05, 0) is 12.1 Å². The first kappa shape index (κ1) is 15.8. The fraction of sp³-hybridized carbons (Fsp3) is 0.250. The summed E-state index contributed by atoms with van der Waals surface area (Å²) in [6, 6.07) is 10.1. The quantitative estimate of drug-likeness (QED) is 0.494. The normalized spacial score (nSPS) is 7.62. The van der Waals surface area contributed by atoms with Crippen molar-refractivity contribution in [2.75, 3.05) is 18.6 Å². The third-order valence-electron chi connectivity index (χ3n) is 1.14. The Bertz CT molecular complexity index is 185. The van der Waals surface area contributed by atoms with E-state index in [-0.39, 0.29) is 32.7 Å². The molecule has 3 nitrogen and oxygen atoms in total. The van der Waals surface area contributed by atoms with Crippen molar-refractivity contribution < 1.29 is 42.3 Å². The fourth-order valence-electron chi connectivity index (χ4n) is 0.605. The Kier molecular flexibility index (Phi) is 15.1. The Hall–Kier alpha value is 0.394. The Morgan fingerprint density at radius 2 is 1.77 bits per heavy atom. The maximum atomic E-state index is 7.34. The predicted molar refractivity (Wildman–Crippen MR) is 53.2 cm³/mol. The summed E-state index contributed by atoms with van der Waals surface area (Å²) in [7, 11) is 1.91. The molecule has 71 valence electrons. The number of para-hydroxylation sites is 1. The Morgan fingerprint density at radius 3 is 2.00 bits per heavy atom. The monoisotopic (exact) mass is 276 g/mol. The number of anilines is 1. The minimum atomic E-state index is 0. The molecule has 0 saturated carbocycles. The molecular weight excluding hydrogens is 263 g/mol. The van der Waals surface area contributed by atoms with E-state index in [9.17, 15) is 0 Å². The summed E-state index contributed by atoms with van der Waals surface area (Å²) in [5.41, 5.74) is 1.16. The SMILES string of the molecule is CNc1ccccc1.CSOO.[Y]. The molecule has 5 heteroatoms. The summed E-state index contributed by atoms with van der Waals surface area (Å²) < 4.78 is 3.46. The van der Waals surface area contributed by atoms with Gasteiger partial charge in [0.15, 0.2) is 0 Å². The van der Waals surface area contributed by atoms with Crippen molar-refractivity contribution in [3.8, 4) is 0 Å². The largest absolute Gasteiger partial charge is 0.388 e. The number of nitrogens with one attached hydrogen (secondary N) is 1. The van der Waals surface area contributed by atoms with Gasteiger partial charge in [-0.2, -0.15) is 4.33 Å². The van der Waals surface area contributed by atoms with Crippen molar-refractivity contribution >= 4 is 17.7 Å². The van der Waals surface area contributed by atoms with E-state index >= 15 is 0 Å². The van der Waals surface area contributed by atoms with Crippen molar-refractivity contribution in [3.63, 3.8) is 0 Å². The van der Waals surface area contributed by atoms with Gasteiger partial charge in [-0.3, -0.25) is 0 Å². The van der Waals surface area contributed by atoms with Crippen LogP contribution in [0.4, 0.5) is 5.69 Å². The molecule has 1 radical (unpaired) electrons. The van der Waals surface area contributed by atoms with E-state index in [4.69, 9.17) is 5.26 Å². The Balaban J connectivity index is 0. The minimum absolute atomic E-state index is 0. The summed E-state index contributed by atoms with van der Waals surface area (Å²) in [6.07, 6.45) is 1.62. The van der Waals surface area contributed by atoms with E-state index in [0.717, 1.165) is 17.7 Å². The van der Waals surface area contributed by atoms with Crippen LogP contribution in [0.3, 0.4) is 0 Å². The summed E-state index contributed by atoms with van der Waals surface area (Å²) in [5.74, 6) is 0. The smallest absolute Gasteiger partial charge is 0.0337 e. The molecule has 0 aliphatic heterocycles. The van der Waals surface area contributed by atoms with Gasteiger partial charge >= 0.3 is 0 Å². The van der Waals surface area contributed by atoms with Crippen molar-refractivity contribution in [2.45, 2.75) is 0 Å². The number of hydrogen-bond donors (Lipinski definition) is 2. The Labute approximate surface area is 108 Å². The second kappa shape index (κ2) is 12.4. The fourth-order valence-corrected chi connectivity index (χ4v) is 0.605. The van der Waals surface area contributed by atoms with Gasteiger partial charge in [-0.25, -0.2) is 5.26 Å². The van der Waals surface area contributed by atoms with Gasteiger partial charge in [0.05, 0.1) is 0 Å². The van der Waals surface area contributed by atoms with Gasteiger partial charge < -0.3 is 5.32 Å². The van der Waals surface area contributed by atoms with Gasteiger partial charge in [0.2, 0.25) is 0 Å². The zero-order chi connectivity index (χ0) is 9.23. The molecular formula is C8H13NO2SY. The van der Waals surface area contributed by atoms with Crippen LogP contribution >= 0.6 is 12.0 Å². The van der Waals surface area contributed by atoms with Crippen LogP contribution in [0, 0.1) is 0 Å². The van der Waals surface area contributed by atoms with E-state index in [1.807, 2.05) is 37.4 Å². The van der Waals surface area contributed by atoms with Crippen LogP contribution in [0.5, 0.6) is 0 Å². The van der Waals surface area contributed by atoms with Crippen molar-refractivity contribution in [2.24, 2.45) is 0 Å². The molecule has 0 unspecified atom stereocenters. The van der Waals surface area contributed by atoms with Crippen LogP contribution in [0.1, 0.15) is 0 Å². The molecule has 1 aromatic rings. The van der Waals surface area contributed by atoms with Gasteiger partial charge in [-0.1, -0.05) is 18.2 Å². The van der Waals surface area contributed by atoms with Crippen molar-refractivity contribution in [1.82, 2.24) is 0 Å². The second-order valence-corrected chi connectivity index (χ2v) is 2.34. The molecule has 0 aliphatic carbocycles. The van der Waals surface area contributed by atoms with Crippen molar-refractivity contribution in [3.05, 3.63) is 30.3 Å². The van der Waals surface area contributed by atoms with E-state index in [2.05, 4.69) is 9.65 Å². The summed E-state index contributed by atoms with van der Waals surface area (Å²) in [6.45, 7) is 0. The summed E-state index contributed by atoms with van der Waals surface area (Å²) in [4.78, 5) is 0. The number of benzene rings is 1. The maximum Gasteiger partial charge on any atom is 0.0337 e. The zero-order valence-corrected chi connectivity index (χ0v) is 11.4. The third kappa shape index (κ3) is 10.3. The molecule has 1 aromatic carbocycles. The molecule has 0 heterocycles. The molecule has 0 saturated heterocycles. The van der Waals surface area contributed by atoms with E-state index in [1.54, 1.807) is 6.26 Å². The predicted octanol–water partition coefficient (Wildman–Crippen LogP) is 2.48. The van der Waals surface area contributed by atoms with Gasteiger partial charge in [0.25, 0.3) is 0 Å². The molecule has 0 bridgehead atoms. The van der Waals surface area contributed by atoms with Crippen LogP contribution in [0.15, 0.2) is 30.3 Å². The third-order valence-corrected chi connectivity index (χ3v) is 1.29. The molecule has 0 aliphatic rings. The van der Waals surface area contributed by atoms with E-state index < -0.39 is 0 Å². The van der Waals surface area contributed by atoms with Gasteiger partial charge in [-0.15, -0.1) is 0 Å². The van der Waals surface area contributed by atoms with E-state index in [0.29, 0.717) is 0 Å². The van der Waals surface area contributed by atoms with Crippen LogP contribution < -0.4 is 5.32 Å². The molecule has 0 aromatic heterocycles. The average Bonchev–Trinajstić information content (AvgIpc) is 2.19. The van der Waals surface area contributed by atoms with Gasteiger partial charge in [0, 0.05) is 63.7 Å². The van der Waals surface area contributed by atoms with Crippen LogP contribution in [0.25, 0.3) is 0 Å².